The lowest BCUT2D eigenvalue weighted by molar-refractivity contribution is 0.253. The molecule has 1 aliphatic rings. The highest BCUT2D eigenvalue weighted by atomic mass is 19.1. The fourth-order valence-corrected chi connectivity index (χ4v) is 2.75. The topological polar surface area (TPSA) is 12.0 Å². The summed E-state index contributed by atoms with van der Waals surface area (Å²) in [6.45, 7) is 6.46. The molecule has 1 aromatic rings. The Labute approximate surface area is 103 Å². The van der Waals surface area contributed by atoms with Gasteiger partial charge in [-0.05, 0) is 37.3 Å². The van der Waals surface area contributed by atoms with Crippen molar-refractivity contribution in [3.05, 3.63) is 29.6 Å². The van der Waals surface area contributed by atoms with Crippen molar-refractivity contribution in [1.82, 2.24) is 0 Å². The smallest absolute Gasteiger partial charge is 0.128 e. The Bertz CT molecular complexity index is 389. The van der Waals surface area contributed by atoms with Crippen LogP contribution in [0.2, 0.25) is 0 Å². The number of hydrogen-bond acceptors (Lipinski definition) is 1. The van der Waals surface area contributed by atoms with Crippen molar-refractivity contribution in [2.45, 2.75) is 46.1 Å². The van der Waals surface area contributed by atoms with Crippen molar-refractivity contribution >= 4 is 5.69 Å². The van der Waals surface area contributed by atoms with E-state index in [0.29, 0.717) is 12.0 Å². The third-order valence-corrected chi connectivity index (χ3v) is 4.32. The van der Waals surface area contributed by atoms with E-state index in [1.165, 1.54) is 25.3 Å². The minimum Gasteiger partial charge on any atom is -0.382 e. The molecule has 0 saturated heterocycles. The van der Waals surface area contributed by atoms with Gasteiger partial charge in [-0.2, -0.15) is 0 Å². The Morgan fingerprint density at radius 3 is 2.76 bits per heavy atom. The molecule has 1 aromatic carbocycles. The van der Waals surface area contributed by atoms with E-state index in [4.69, 9.17) is 0 Å². The van der Waals surface area contributed by atoms with Gasteiger partial charge < -0.3 is 5.32 Å². The quantitative estimate of drug-likeness (QED) is 0.802. The molecule has 1 N–H and O–H groups in total. The van der Waals surface area contributed by atoms with Crippen molar-refractivity contribution in [3.63, 3.8) is 0 Å². The van der Waals surface area contributed by atoms with E-state index < -0.39 is 0 Å². The summed E-state index contributed by atoms with van der Waals surface area (Å²) in [4.78, 5) is 0. The second-order valence-corrected chi connectivity index (χ2v) is 5.43. The van der Waals surface area contributed by atoms with Crippen molar-refractivity contribution in [1.29, 1.82) is 0 Å². The van der Waals surface area contributed by atoms with Crippen LogP contribution in [0.5, 0.6) is 0 Å². The Balaban J connectivity index is 2.12. The van der Waals surface area contributed by atoms with Gasteiger partial charge in [-0.1, -0.05) is 32.8 Å². The summed E-state index contributed by atoms with van der Waals surface area (Å²) in [7, 11) is 0. The first-order valence-electron chi connectivity index (χ1n) is 6.61. The summed E-state index contributed by atoms with van der Waals surface area (Å²) in [6, 6.07) is 5.76. The molecule has 1 nitrogen and oxygen atoms in total. The molecule has 0 radical (unpaired) electrons. The number of anilines is 1. The first-order valence-corrected chi connectivity index (χ1v) is 6.61. The lowest BCUT2D eigenvalue weighted by atomic mass is 9.78. The highest BCUT2D eigenvalue weighted by Crippen LogP contribution is 2.32. The van der Waals surface area contributed by atoms with Crippen molar-refractivity contribution < 1.29 is 4.39 Å². The Kier molecular flexibility index (Phi) is 3.70. The molecular formula is C15H22FN. The van der Waals surface area contributed by atoms with Crippen LogP contribution in [0.3, 0.4) is 0 Å². The maximum absolute atomic E-state index is 13.5. The normalized spacial score (nSPS) is 29.1. The van der Waals surface area contributed by atoms with Gasteiger partial charge in [0.25, 0.3) is 0 Å². The number of rotatable bonds is 2. The molecule has 94 valence electrons. The van der Waals surface area contributed by atoms with Crippen LogP contribution >= 0.6 is 0 Å². The number of benzene rings is 1. The van der Waals surface area contributed by atoms with Crippen molar-refractivity contribution in [2.24, 2.45) is 11.8 Å². The monoisotopic (exact) mass is 235 g/mol. The first-order chi connectivity index (χ1) is 8.09. The highest BCUT2D eigenvalue weighted by Gasteiger charge is 2.27. The third-order valence-electron chi connectivity index (χ3n) is 4.32. The molecular weight excluding hydrogens is 213 g/mol. The van der Waals surface area contributed by atoms with E-state index in [1.54, 1.807) is 6.07 Å². The van der Waals surface area contributed by atoms with Crippen LogP contribution in [0.1, 0.15) is 38.7 Å². The number of hydrogen-bond donors (Lipinski definition) is 1. The molecule has 0 aliphatic heterocycles. The zero-order valence-electron chi connectivity index (χ0n) is 11.0. The van der Waals surface area contributed by atoms with Gasteiger partial charge >= 0.3 is 0 Å². The fourth-order valence-electron chi connectivity index (χ4n) is 2.75. The predicted molar refractivity (Wildman–Crippen MR) is 70.7 cm³/mol. The second-order valence-electron chi connectivity index (χ2n) is 5.43. The predicted octanol–water partition coefficient (Wildman–Crippen LogP) is 4.37. The summed E-state index contributed by atoms with van der Waals surface area (Å²) in [5, 5.41) is 3.53. The van der Waals surface area contributed by atoms with E-state index in [1.807, 2.05) is 13.0 Å². The van der Waals surface area contributed by atoms with Crippen molar-refractivity contribution in [3.8, 4) is 0 Å². The zero-order valence-corrected chi connectivity index (χ0v) is 11.0. The van der Waals surface area contributed by atoms with Gasteiger partial charge in [0.05, 0.1) is 0 Å². The molecule has 17 heavy (non-hydrogen) atoms. The maximum Gasteiger partial charge on any atom is 0.128 e. The molecule has 2 rings (SSSR count). The lowest BCUT2D eigenvalue weighted by Crippen LogP contribution is -2.35. The lowest BCUT2D eigenvalue weighted by Gasteiger charge is -2.35. The van der Waals surface area contributed by atoms with E-state index in [9.17, 15) is 4.39 Å². The molecule has 0 aromatic heterocycles. The minimum atomic E-state index is -0.119. The average molecular weight is 235 g/mol. The van der Waals surface area contributed by atoms with Crippen LogP contribution in [-0.4, -0.2) is 6.04 Å². The SMILES string of the molecule is Cc1c(F)cccc1NC1CCCC(C)C1C. The van der Waals surface area contributed by atoms with Crippen LogP contribution in [0, 0.1) is 24.6 Å². The maximum atomic E-state index is 13.5. The van der Waals surface area contributed by atoms with Crippen LogP contribution in [0.15, 0.2) is 18.2 Å². The van der Waals surface area contributed by atoms with Gasteiger partial charge in [0.15, 0.2) is 0 Å². The summed E-state index contributed by atoms with van der Waals surface area (Å²) in [5.41, 5.74) is 1.69. The van der Waals surface area contributed by atoms with Crippen LogP contribution in [-0.2, 0) is 0 Å². The number of halogens is 1. The van der Waals surface area contributed by atoms with Crippen LogP contribution in [0.4, 0.5) is 10.1 Å². The summed E-state index contributed by atoms with van der Waals surface area (Å²) >= 11 is 0. The number of nitrogens with one attached hydrogen (secondary N) is 1. The standard InChI is InChI=1S/C15H22FN/c1-10-6-4-8-14(11(10)2)17-15-9-5-7-13(16)12(15)3/h5,7,9-11,14,17H,4,6,8H2,1-3H3. The van der Waals surface area contributed by atoms with Crippen LogP contribution in [0.25, 0.3) is 0 Å². The molecule has 0 amide bonds. The highest BCUT2D eigenvalue weighted by molar-refractivity contribution is 5.51. The van der Waals surface area contributed by atoms with Crippen LogP contribution < -0.4 is 5.32 Å². The molecule has 3 atom stereocenters. The second kappa shape index (κ2) is 5.07. The third kappa shape index (κ3) is 2.62. The molecule has 3 unspecified atom stereocenters. The van der Waals surface area contributed by atoms with Gasteiger partial charge in [0.1, 0.15) is 5.82 Å². The molecule has 1 saturated carbocycles. The zero-order chi connectivity index (χ0) is 12.4. The Morgan fingerprint density at radius 1 is 1.24 bits per heavy atom. The van der Waals surface area contributed by atoms with Gasteiger partial charge in [-0.15, -0.1) is 0 Å². The molecule has 1 fully saturated rings. The van der Waals surface area contributed by atoms with Gasteiger partial charge in [-0.3, -0.25) is 0 Å². The minimum absolute atomic E-state index is 0.119. The molecule has 0 bridgehead atoms. The van der Waals surface area contributed by atoms with Gasteiger partial charge in [-0.25, -0.2) is 4.39 Å². The van der Waals surface area contributed by atoms with E-state index in [0.717, 1.165) is 17.2 Å². The first kappa shape index (κ1) is 12.4. The van der Waals surface area contributed by atoms with Crippen molar-refractivity contribution in [2.75, 3.05) is 5.32 Å². The largest absolute Gasteiger partial charge is 0.382 e. The summed E-state index contributed by atoms with van der Waals surface area (Å²) < 4.78 is 13.5. The summed E-state index contributed by atoms with van der Waals surface area (Å²) in [6.07, 6.45) is 3.79. The van der Waals surface area contributed by atoms with E-state index in [2.05, 4.69) is 19.2 Å². The molecule has 0 spiro atoms. The molecule has 0 heterocycles. The van der Waals surface area contributed by atoms with Gasteiger partial charge in [0.2, 0.25) is 0 Å². The molecule has 2 heteroatoms. The van der Waals surface area contributed by atoms with E-state index in [-0.39, 0.29) is 5.82 Å². The fraction of sp³-hybridized carbons (Fsp3) is 0.600. The average Bonchev–Trinajstić information content (AvgIpc) is 2.31. The summed E-state index contributed by atoms with van der Waals surface area (Å²) in [5.74, 6) is 1.30. The van der Waals surface area contributed by atoms with E-state index >= 15 is 0 Å². The Hall–Kier alpha value is -1.05. The van der Waals surface area contributed by atoms with Gasteiger partial charge in [0, 0.05) is 17.3 Å². The Morgan fingerprint density at radius 2 is 2.00 bits per heavy atom. The molecule has 1 aliphatic carbocycles.